The second-order valence-electron chi connectivity index (χ2n) is 7.12. The number of carbonyl (C=O) groups is 1. The first-order valence-corrected chi connectivity index (χ1v) is 7.45. The summed E-state index contributed by atoms with van der Waals surface area (Å²) in [7, 11) is 0. The van der Waals surface area contributed by atoms with Crippen LogP contribution >= 0.6 is 0 Å². The fraction of sp³-hybridized carbons (Fsp3) is 0.588. The predicted molar refractivity (Wildman–Crippen MR) is 85.1 cm³/mol. The van der Waals surface area contributed by atoms with E-state index in [4.69, 9.17) is 10.5 Å². The van der Waals surface area contributed by atoms with E-state index in [9.17, 15) is 4.79 Å². The molecule has 1 aromatic rings. The molecule has 116 valence electrons. The third kappa shape index (κ3) is 3.38. The van der Waals surface area contributed by atoms with Gasteiger partial charge in [-0.15, -0.1) is 0 Å². The van der Waals surface area contributed by atoms with Crippen LogP contribution in [0.1, 0.15) is 40.2 Å². The number of amides is 1. The number of morpholine rings is 1. The Morgan fingerprint density at radius 2 is 1.90 bits per heavy atom. The number of benzene rings is 1. The smallest absolute Gasteiger partial charge is 0.232 e. The molecular weight excluding hydrogens is 264 g/mol. The lowest BCUT2D eigenvalue weighted by Crippen LogP contribution is -2.57. The van der Waals surface area contributed by atoms with Crippen LogP contribution in [0.3, 0.4) is 0 Å². The zero-order valence-corrected chi connectivity index (χ0v) is 13.6. The molecule has 0 spiro atoms. The summed E-state index contributed by atoms with van der Waals surface area (Å²) in [5.74, 6) is 0.135. The third-order valence-corrected chi connectivity index (χ3v) is 4.02. The van der Waals surface area contributed by atoms with Crippen molar-refractivity contribution < 1.29 is 9.53 Å². The number of carbonyl (C=O) groups excluding carboxylic acids is 1. The minimum Gasteiger partial charge on any atom is -0.399 e. The minimum absolute atomic E-state index is 0.0555. The summed E-state index contributed by atoms with van der Waals surface area (Å²) in [5.41, 5.74) is 6.56. The van der Waals surface area contributed by atoms with Gasteiger partial charge in [0, 0.05) is 18.8 Å². The van der Waals surface area contributed by atoms with E-state index in [0.717, 1.165) is 5.56 Å². The Labute approximate surface area is 127 Å². The van der Waals surface area contributed by atoms with Crippen molar-refractivity contribution in [3.05, 3.63) is 29.8 Å². The van der Waals surface area contributed by atoms with Crippen molar-refractivity contribution >= 4 is 11.6 Å². The highest BCUT2D eigenvalue weighted by Crippen LogP contribution is 2.30. The summed E-state index contributed by atoms with van der Waals surface area (Å²) in [6.07, 6.45) is 0.0555. The van der Waals surface area contributed by atoms with Gasteiger partial charge in [0.05, 0.1) is 17.1 Å². The Morgan fingerprint density at radius 1 is 1.33 bits per heavy atom. The van der Waals surface area contributed by atoms with Crippen LogP contribution in [0, 0.1) is 0 Å². The molecule has 0 saturated carbocycles. The molecule has 0 radical (unpaired) electrons. The average molecular weight is 290 g/mol. The first kappa shape index (κ1) is 15.8. The Bertz CT molecular complexity index is 520. The molecule has 21 heavy (non-hydrogen) atoms. The van der Waals surface area contributed by atoms with Gasteiger partial charge in [-0.1, -0.05) is 12.1 Å². The largest absolute Gasteiger partial charge is 0.399 e. The van der Waals surface area contributed by atoms with Crippen LogP contribution in [0.15, 0.2) is 24.3 Å². The number of hydrogen-bond acceptors (Lipinski definition) is 3. The van der Waals surface area contributed by atoms with Crippen molar-refractivity contribution in [1.29, 1.82) is 0 Å². The van der Waals surface area contributed by atoms with E-state index in [1.807, 2.05) is 63.8 Å². The molecule has 0 bridgehead atoms. The van der Waals surface area contributed by atoms with Crippen molar-refractivity contribution in [2.75, 3.05) is 18.8 Å². The van der Waals surface area contributed by atoms with Crippen molar-refractivity contribution in [1.82, 2.24) is 4.90 Å². The van der Waals surface area contributed by atoms with E-state index in [1.165, 1.54) is 0 Å². The molecule has 0 aliphatic carbocycles. The van der Waals surface area contributed by atoms with Crippen LogP contribution in [0.4, 0.5) is 5.69 Å². The van der Waals surface area contributed by atoms with Gasteiger partial charge < -0.3 is 15.4 Å². The summed E-state index contributed by atoms with van der Waals surface area (Å²) in [6, 6.07) is 7.55. The molecule has 1 amide bonds. The summed E-state index contributed by atoms with van der Waals surface area (Å²) in [6.45, 7) is 11.3. The number of anilines is 1. The van der Waals surface area contributed by atoms with Crippen LogP contribution in [-0.2, 0) is 14.9 Å². The molecular formula is C17H26N2O2. The molecule has 1 atom stereocenters. The van der Waals surface area contributed by atoms with E-state index in [0.29, 0.717) is 18.8 Å². The Balaban J connectivity index is 2.23. The lowest BCUT2D eigenvalue weighted by molar-refractivity contribution is -0.162. The Morgan fingerprint density at radius 3 is 2.43 bits per heavy atom. The van der Waals surface area contributed by atoms with Crippen LogP contribution in [-0.4, -0.2) is 35.6 Å². The predicted octanol–water partition coefficient (Wildman–Crippen LogP) is 2.57. The molecule has 2 rings (SSSR count). The molecule has 1 fully saturated rings. The van der Waals surface area contributed by atoms with E-state index < -0.39 is 5.41 Å². The number of nitrogens with two attached hydrogens (primary N) is 1. The second kappa shape index (κ2) is 5.34. The quantitative estimate of drug-likeness (QED) is 0.852. The van der Waals surface area contributed by atoms with Gasteiger partial charge in [0.2, 0.25) is 5.91 Å². The van der Waals surface area contributed by atoms with Gasteiger partial charge in [0.15, 0.2) is 0 Å². The lowest BCUT2D eigenvalue weighted by atomic mass is 9.82. The minimum atomic E-state index is -0.569. The molecule has 1 heterocycles. The van der Waals surface area contributed by atoms with Crippen molar-refractivity contribution in [2.45, 2.75) is 51.7 Å². The van der Waals surface area contributed by atoms with Crippen molar-refractivity contribution in [3.63, 3.8) is 0 Å². The lowest BCUT2D eigenvalue weighted by Gasteiger charge is -2.44. The van der Waals surface area contributed by atoms with Gasteiger partial charge >= 0.3 is 0 Å². The van der Waals surface area contributed by atoms with Gasteiger partial charge in [-0.05, 0) is 52.3 Å². The molecule has 0 aromatic heterocycles. The number of nitrogens with zero attached hydrogens (tertiary/aromatic N) is 1. The van der Waals surface area contributed by atoms with Gasteiger partial charge in [-0.2, -0.15) is 0 Å². The maximum Gasteiger partial charge on any atom is 0.232 e. The normalized spacial score (nSPS) is 22.1. The number of hydrogen-bond donors (Lipinski definition) is 1. The number of rotatable bonds is 2. The van der Waals surface area contributed by atoms with Gasteiger partial charge in [-0.25, -0.2) is 0 Å². The van der Waals surface area contributed by atoms with Crippen LogP contribution in [0.25, 0.3) is 0 Å². The SMILES string of the molecule is CC1CN(C(=O)C(C)(C)c2ccc(N)cc2)CC(C)(C)O1. The highest BCUT2D eigenvalue weighted by Gasteiger charge is 2.40. The average Bonchev–Trinajstić information content (AvgIpc) is 2.36. The monoisotopic (exact) mass is 290 g/mol. The Hall–Kier alpha value is -1.55. The summed E-state index contributed by atoms with van der Waals surface area (Å²) >= 11 is 0. The van der Waals surface area contributed by atoms with E-state index in [-0.39, 0.29) is 17.6 Å². The molecule has 4 nitrogen and oxygen atoms in total. The molecule has 2 N–H and O–H groups in total. The molecule has 4 heteroatoms. The fourth-order valence-electron chi connectivity index (χ4n) is 3.03. The highest BCUT2D eigenvalue weighted by molar-refractivity contribution is 5.87. The van der Waals surface area contributed by atoms with E-state index >= 15 is 0 Å². The highest BCUT2D eigenvalue weighted by atomic mass is 16.5. The second-order valence-corrected chi connectivity index (χ2v) is 7.12. The molecule has 1 aromatic carbocycles. The van der Waals surface area contributed by atoms with Crippen LogP contribution in [0.2, 0.25) is 0 Å². The maximum atomic E-state index is 13.0. The topological polar surface area (TPSA) is 55.6 Å². The standard InChI is InChI=1S/C17H26N2O2/c1-12-10-19(11-16(2,3)21-12)15(20)17(4,5)13-6-8-14(18)9-7-13/h6-9,12H,10-11,18H2,1-5H3. The fourth-order valence-corrected chi connectivity index (χ4v) is 3.03. The molecule has 1 saturated heterocycles. The van der Waals surface area contributed by atoms with Crippen LogP contribution in [0.5, 0.6) is 0 Å². The zero-order chi connectivity index (χ0) is 15.8. The van der Waals surface area contributed by atoms with Gasteiger partial charge in [0.25, 0.3) is 0 Å². The van der Waals surface area contributed by atoms with Crippen molar-refractivity contribution in [2.24, 2.45) is 0 Å². The van der Waals surface area contributed by atoms with Gasteiger partial charge in [0.1, 0.15) is 0 Å². The third-order valence-electron chi connectivity index (χ3n) is 4.02. The zero-order valence-electron chi connectivity index (χ0n) is 13.6. The number of nitrogen functional groups attached to an aromatic ring is 1. The van der Waals surface area contributed by atoms with E-state index in [1.54, 1.807) is 0 Å². The summed E-state index contributed by atoms with van der Waals surface area (Å²) in [4.78, 5) is 14.9. The van der Waals surface area contributed by atoms with Gasteiger partial charge in [-0.3, -0.25) is 4.79 Å². The number of ether oxygens (including phenoxy) is 1. The summed E-state index contributed by atoms with van der Waals surface area (Å²) < 4.78 is 5.88. The van der Waals surface area contributed by atoms with Crippen molar-refractivity contribution in [3.8, 4) is 0 Å². The first-order chi connectivity index (χ1) is 9.62. The summed E-state index contributed by atoms with van der Waals surface area (Å²) in [5, 5.41) is 0. The maximum absolute atomic E-state index is 13.0. The molecule has 1 unspecified atom stereocenters. The first-order valence-electron chi connectivity index (χ1n) is 7.45. The van der Waals surface area contributed by atoms with E-state index in [2.05, 4.69) is 0 Å². The Kier molecular flexibility index (Phi) is 4.02. The van der Waals surface area contributed by atoms with Crippen LogP contribution < -0.4 is 5.73 Å². The molecule has 1 aliphatic rings. The molecule has 1 aliphatic heterocycles.